The van der Waals surface area contributed by atoms with Gasteiger partial charge in [-0.3, -0.25) is 0 Å². The van der Waals surface area contributed by atoms with Gasteiger partial charge in [0.05, 0.1) is 11.7 Å². The van der Waals surface area contributed by atoms with E-state index in [1.807, 2.05) is 6.20 Å². The molecule has 1 aromatic heterocycles. The summed E-state index contributed by atoms with van der Waals surface area (Å²) in [6.45, 7) is 13.4. The van der Waals surface area contributed by atoms with Crippen LogP contribution in [0.2, 0.25) is 0 Å². The molecule has 2 heterocycles. The first-order chi connectivity index (χ1) is 9.35. The molecule has 1 saturated heterocycles. The molecule has 0 amide bonds. The maximum atomic E-state index is 5.93. The molecule has 112 valence electrons. The largest absolute Gasteiger partial charge is 0.369 e. The molecule has 20 heavy (non-hydrogen) atoms. The molecular weight excluding hydrogens is 250 g/mol. The fraction of sp³-hybridized carbons (Fsp3) is 0.688. The van der Waals surface area contributed by atoms with Gasteiger partial charge < -0.3 is 15.0 Å². The van der Waals surface area contributed by atoms with Gasteiger partial charge in [0.15, 0.2) is 0 Å². The number of rotatable bonds is 4. The third-order valence-electron chi connectivity index (χ3n) is 3.42. The quantitative estimate of drug-likeness (QED) is 0.918. The zero-order valence-corrected chi connectivity index (χ0v) is 13.3. The minimum atomic E-state index is -0.114. The second-order valence-electron chi connectivity index (χ2n) is 6.63. The number of hydrogen-bond acceptors (Lipinski definition) is 4. The Morgan fingerprint density at radius 2 is 2.20 bits per heavy atom. The first kappa shape index (κ1) is 15.3. The van der Waals surface area contributed by atoms with Gasteiger partial charge in [-0.1, -0.05) is 19.9 Å². The van der Waals surface area contributed by atoms with Crippen molar-refractivity contribution in [1.29, 1.82) is 0 Å². The molecule has 4 heteroatoms. The van der Waals surface area contributed by atoms with Gasteiger partial charge in [-0.2, -0.15) is 0 Å². The standard InChI is InChI=1S/C16H27N3O/c1-12(2)17-8-14-6-7-15(18-9-14)19-10-13(3)20-16(4,5)11-19/h6-7,9,12-13,17H,8,10-11H2,1-5H3. The van der Waals surface area contributed by atoms with E-state index in [0.717, 1.165) is 25.5 Å². The maximum absolute atomic E-state index is 5.93. The number of nitrogens with zero attached hydrogens (tertiary/aromatic N) is 2. The Hall–Kier alpha value is -1.13. The molecule has 0 saturated carbocycles. The van der Waals surface area contributed by atoms with Crippen LogP contribution in [0.4, 0.5) is 5.82 Å². The summed E-state index contributed by atoms with van der Waals surface area (Å²) in [6, 6.07) is 4.77. The van der Waals surface area contributed by atoms with Gasteiger partial charge >= 0.3 is 0 Å². The normalized spacial score (nSPS) is 22.3. The summed E-state index contributed by atoms with van der Waals surface area (Å²) in [5, 5.41) is 3.41. The van der Waals surface area contributed by atoms with Crippen LogP contribution in [0.5, 0.6) is 0 Å². The van der Waals surface area contributed by atoms with Gasteiger partial charge in [0, 0.05) is 31.9 Å². The minimum Gasteiger partial charge on any atom is -0.369 e. The lowest BCUT2D eigenvalue weighted by atomic mass is 10.1. The van der Waals surface area contributed by atoms with Crippen molar-refractivity contribution < 1.29 is 4.74 Å². The van der Waals surface area contributed by atoms with Crippen molar-refractivity contribution in [3.63, 3.8) is 0 Å². The van der Waals surface area contributed by atoms with Crippen LogP contribution >= 0.6 is 0 Å². The van der Waals surface area contributed by atoms with Crippen molar-refractivity contribution in [3.05, 3.63) is 23.9 Å². The van der Waals surface area contributed by atoms with E-state index in [1.165, 1.54) is 5.56 Å². The zero-order valence-electron chi connectivity index (χ0n) is 13.3. The zero-order chi connectivity index (χ0) is 14.8. The highest BCUT2D eigenvalue weighted by atomic mass is 16.5. The molecule has 1 aliphatic heterocycles. The van der Waals surface area contributed by atoms with Crippen LogP contribution in [-0.4, -0.2) is 35.8 Å². The highest BCUT2D eigenvalue weighted by molar-refractivity contribution is 5.40. The smallest absolute Gasteiger partial charge is 0.128 e. The van der Waals surface area contributed by atoms with Gasteiger partial charge in [0.1, 0.15) is 5.82 Å². The Morgan fingerprint density at radius 3 is 2.75 bits per heavy atom. The Morgan fingerprint density at radius 1 is 1.45 bits per heavy atom. The summed E-state index contributed by atoms with van der Waals surface area (Å²) in [4.78, 5) is 6.92. The van der Waals surface area contributed by atoms with Crippen molar-refractivity contribution >= 4 is 5.82 Å². The van der Waals surface area contributed by atoms with E-state index in [9.17, 15) is 0 Å². The van der Waals surface area contributed by atoms with E-state index in [2.05, 4.69) is 62.0 Å². The summed E-state index contributed by atoms with van der Waals surface area (Å²) < 4.78 is 5.93. The lowest BCUT2D eigenvalue weighted by Crippen LogP contribution is -2.52. The fourth-order valence-electron chi connectivity index (χ4n) is 2.66. The summed E-state index contributed by atoms with van der Waals surface area (Å²) in [7, 11) is 0. The summed E-state index contributed by atoms with van der Waals surface area (Å²) in [5.41, 5.74) is 1.11. The maximum Gasteiger partial charge on any atom is 0.128 e. The molecular formula is C16H27N3O. The summed E-state index contributed by atoms with van der Waals surface area (Å²) in [5.74, 6) is 1.04. The number of anilines is 1. The van der Waals surface area contributed by atoms with Crippen molar-refractivity contribution in [2.24, 2.45) is 0 Å². The third-order valence-corrected chi connectivity index (χ3v) is 3.42. The third kappa shape index (κ3) is 4.18. The molecule has 0 aliphatic carbocycles. The molecule has 1 N–H and O–H groups in total. The predicted molar refractivity (Wildman–Crippen MR) is 83.1 cm³/mol. The van der Waals surface area contributed by atoms with Crippen LogP contribution in [0.25, 0.3) is 0 Å². The molecule has 0 radical (unpaired) electrons. The number of hydrogen-bond donors (Lipinski definition) is 1. The Labute approximate surface area is 122 Å². The molecule has 1 aliphatic rings. The molecule has 1 atom stereocenters. The second kappa shape index (κ2) is 6.10. The van der Waals surface area contributed by atoms with Crippen LogP contribution < -0.4 is 10.2 Å². The second-order valence-corrected chi connectivity index (χ2v) is 6.63. The van der Waals surface area contributed by atoms with E-state index in [1.54, 1.807) is 0 Å². The van der Waals surface area contributed by atoms with Crippen LogP contribution in [0, 0.1) is 0 Å². The number of ether oxygens (including phenoxy) is 1. The van der Waals surface area contributed by atoms with E-state index in [-0.39, 0.29) is 11.7 Å². The Balaban J connectivity index is 2.02. The minimum absolute atomic E-state index is 0.114. The van der Waals surface area contributed by atoms with Crippen LogP contribution in [0.15, 0.2) is 18.3 Å². The SMILES string of the molecule is CC(C)NCc1ccc(N2CC(C)OC(C)(C)C2)nc1. The number of morpholine rings is 1. The fourth-order valence-corrected chi connectivity index (χ4v) is 2.66. The van der Waals surface area contributed by atoms with Gasteiger partial charge in [-0.15, -0.1) is 0 Å². The molecule has 1 unspecified atom stereocenters. The van der Waals surface area contributed by atoms with E-state index in [0.29, 0.717) is 6.04 Å². The summed E-state index contributed by atoms with van der Waals surface area (Å²) >= 11 is 0. The topological polar surface area (TPSA) is 37.4 Å². The van der Waals surface area contributed by atoms with E-state index < -0.39 is 0 Å². The molecule has 0 bridgehead atoms. The lowest BCUT2D eigenvalue weighted by molar-refractivity contribution is -0.0751. The first-order valence-corrected chi connectivity index (χ1v) is 7.47. The Bertz CT molecular complexity index is 428. The first-order valence-electron chi connectivity index (χ1n) is 7.47. The molecule has 1 fully saturated rings. The van der Waals surface area contributed by atoms with E-state index in [4.69, 9.17) is 4.74 Å². The van der Waals surface area contributed by atoms with Crippen molar-refractivity contribution in [2.45, 2.75) is 58.9 Å². The predicted octanol–water partition coefficient (Wildman–Crippen LogP) is 2.58. The van der Waals surface area contributed by atoms with Crippen LogP contribution in [0.1, 0.15) is 40.2 Å². The van der Waals surface area contributed by atoms with Gasteiger partial charge in [-0.25, -0.2) is 4.98 Å². The lowest BCUT2D eigenvalue weighted by Gasteiger charge is -2.42. The Kier molecular flexibility index (Phi) is 4.66. The molecule has 0 aromatic carbocycles. The van der Waals surface area contributed by atoms with Crippen molar-refractivity contribution in [3.8, 4) is 0 Å². The number of pyridine rings is 1. The van der Waals surface area contributed by atoms with E-state index >= 15 is 0 Å². The van der Waals surface area contributed by atoms with Crippen molar-refractivity contribution in [2.75, 3.05) is 18.0 Å². The molecule has 1 aromatic rings. The molecule has 2 rings (SSSR count). The number of nitrogens with one attached hydrogen (secondary N) is 1. The highest BCUT2D eigenvalue weighted by Crippen LogP contribution is 2.24. The van der Waals surface area contributed by atoms with Crippen LogP contribution in [0.3, 0.4) is 0 Å². The van der Waals surface area contributed by atoms with Crippen LogP contribution in [-0.2, 0) is 11.3 Å². The molecule has 0 spiro atoms. The van der Waals surface area contributed by atoms with Crippen molar-refractivity contribution in [1.82, 2.24) is 10.3 Å². The average Bonchev–Trinajstić information content (AvgIpc) is 2.34. The van der Waals surface area contributed by atoms with Gasteiger partial charge in [-0.05, 0) is 32.4 Å². The highest BCUT2D eigenvalue weighted by Gasteiger charge is 2.31. The average molecular weight is 277 g/mol. The number of aromatic nitrogens is 1. The monoisotopic (exact) mass is 277 g/mol. The van der Waals surface area contributed by atoms with Gasteiger partial charge in [0.2, 0.25) is 0 Å². The molecule has 4 nitrogen and oxygen atoms in total. The summed E-state index contributed by atoms with van der Waals surface area (Å²) in [6.07, 6.45) is 2.21. The van der Waals surface area contributed by atoms with Gasteiger partial charge in [0.25, 0.3) is 0 Å².